The van der Waals surface area contributed by atoms with Gasteiger partial charge in [-0.25, -0.2) is 0 Å². The van der Waals surface area contributed by atoms with Gasteiger partial charge in [-0.05, 0) is 18.8 Å². The average Bonchev–Trinajstić information content (AvgIpc) is 3.10. The van der Waals surface area contributed by atoms with E-state index < -0.39 is 5.97 Å². The topological polar surface area (TPSA) is 80.4 Å². The highest BCUT2D eigenvalue weighted by Gasteiger charge is 2.40. The molecule has 3 atom stereocenters. The molecule has 0 radical (unpaired) electrons. The quantitative estimate of drug-likeness (QED) is 0.936. The largest absolute Gasteiger partial charge is 0.481 e. The molecule has 0 spiro atoms. The predicted octanol–water partition coefficient (Wildman–Crippen LogP) is 2.35. The van der Waals surface area contributed by atoms with Gasteiger partial charge in [0.2, 0.25) is 4.96 Å². The van der Waals surface area contributed by atoms with Crippen LogP contribution in [0.15, 0.2) is 0 Å². The summed E-state index contributed by atoms with van der Waals surface area (Å²) in [5.41, 5.74) is 0. The van der Waals surface area contributed by atoms with Gasteiger partial charge in [0.25, 0.3) is 0 Å². The van der Waals surface area contributed by atoms with Gasteiger partial charge >= 0.3 is 5.97 Å². The second-order valence-corrected chi connectivity index (χ2v) is 6.39. The van der Waals surface area contributed by atoms with Gasteiger partial charge in [0.15, 0.2) is 5.82 Å². The zero-order chi connectivity index (χ0) is 14.3. The van der Waals surface area contributed by atoms with Crippen LogP contribution in [0.2, 0.25) is 0 Å². The van der Waals surface area contributed by atoms with E-state index in [1.54, 1.807) is 4.52 Å². The van der Waals surface area contributed by atoms with Gasteiger partial charge in [0.05, 0.1) is 5.92 Å². The van der Waals surface area contributed by atoms with Crippen LogP contribution in [-0.4, -0.2) is 30.9 Å². The highest BCUT2D eigenvalue weighted by Crippen LogP contribution is 2.45. The van der Waals surface area contributed by atoms with Crippen molar-refractivity contribution in [3.63, 3.8) is 0 Å². The number of carboxylic acid groups (broad SMARTS) is 1. The highest BCUT2D eigenvalue weighted by atomic mass is 32.1. The normalized spacial score (nSPS) is 26.4. The molecule has 6 nitrogen and oxygen atoms in total. The molecule has 1 saturated carbocycles. The molecule has 3 unspecified atom stereocenters. The van der Waals surface area contributed by atoms with Gasteiger partial charge in [-0.3, -0.25) is 4.79 Å². The molecule has 3 rings (SSSR count). The van der Waals surface area contributed by atoms with E-state index in [2.05, 4.69) is 22.2 Å². The maximum Gasteiger partial charge on any atom is 0.307 e. The molecule has 0 saturated heterocycles. The number of hydrogen-bond acceptors (Lipinski definition) is 5. The summed E-state index contributed by atoms with van der Waals surface area (Å²) in [6, 6.07) is 0. The zero-order valence-corrected chi connectivity index (χ0v) is 12.4. The first-order valence-corrected chi connectivity index (χ1v) is 7.89. The Morgan fingerprint density at radius 3 is 2.85 bits per heavy atom. The molecule has 0 amide bonds. The van der Waals surface area contributed by atoms with Gasteiger partial charge in [-0.1, -0.05) is 31.6 Å². The van der Waals surface area contributed by atoms with E-state index in [1.807, 2.05) is 6.92 Å². The van der Waals surface area contributed by atoms with Crippen molar-refractivity contribution in [2.24, 2.45) is 11.8 Å². The summed E-state index contributed by atoms with van der Waals surface area (Å²) in [6.07, 6.45) is 3.48. The number of hydrogen-bond donors (Lipinski definition) is 1. The van der Waals surface area contributed by atoms with Crippen LogP contribution < -0.4 is 0 Å². The van der Waals surface area contributed by atoms with Crippen molar-refractivity contribution in [2.75, 3.05) is 0 Å². The average molecular weight is 294 g/mol. The number of carbonyl (C=O) groups is 1. The van der Waals surface area contributed by atoms with E-state index in [-0.39, 0.29) is 11.8 Å². The number of aryl methyl sites for hydroxylation is 1. The Morgan fingerprint density at radius 1 is 1.40 bits per heavy atom. The molecule has 1 aliphatic carbocycles. The smallest absolute Gasteiger partial charge is 0.307 e. The number of aromatic nitrogens is 4. The van der Waals surface area contributed by atoms with Gasteiger partial charge in [-0.15, -0.1) is 10.2 Å². The van der Waals surface area contributed by atoms with Crippen LogP contribution in [0, 0.1) is 11.8 Å². The zero-order valence-electron chi connectivity index (χ0n) is 11.6. The van der Waals surface area contributed by atoms with Crippen molar-refractivity contribution in [1.29, 1.82) is 0 Å². The lowest BCUT2D eigenvalue weighted by Crippen LogP contribution is -2.17. The summed E-state index contributed by atoms with van der Waals surface area (Å²) in [4.78, 5) is 12.2. The number of carboxylic acids is 1. The first-order chi connectivity index (χ1) is 9.63. The number of aliphatic carboxylic acids is 1. The molecule has 1 N–H and O–H groups in total. The Kier molecular flexibility index (Phi) is 3.45. The molecule has 2 heterocycles. The van der Waals surface area contributed by atoms with Crippen LogP contribution in [0.3, 0.4) is 0 Å². The third-order valence-corrected chi connectivity index (χ3v) is 5.29. The number of fused-ring (bicyclic) bond motifs is 1. The fraction of sp³-hybridized carbons (Fsp3) is 0.692. The first-order valence-electron chi connectivity index (χ1n) is 7.07. The van der Waals surface area contributed by atoms with Crippen LogP contribution in [0.25, 0.3) is 4.96 Å². The minimum atomic E-state index is -0.701. The van der Waals surface area contributed by atoms with Gasteiger partial charge in [-0.2, -0.15) is 9.61 Å². The van der Waals surface area contributed by atoms with E-state index in [4.69, 9.17) is 0 Å². The highest BCUT2D eigenvalue weighted by molar-refractivity contribution is 7.16. The van der Waals surface area contributed by atoms with Crippen molar-refractivity contribution in [2.45, 2.75) is 45.4 Å². The maximum absolute atomic E-state index is 11.5. The fourth-order valence-corrected chi connectivity index (χ4v) is 4.10. The second-order valence-electron chi connectivity index (χ2n) is 5.40. The van der Waals surface area contributed by atoms with E-state index in [1.165, 1.54) is 11.3 Å². The summed E-state index contributed by atoms with van der Waals surface area (Å²) in [6.45, 7) is 4.14. The summed E-state index contributed by atoms with van der Waals surface area (Å²) in [5.74, 6) is 0.329. The number of rotatable bonds is 4. The van der Waals surface area contributed by atoms with Crippen LogP contribution in [-0.2, 0) is 11.2 Å². The fourth-order valence-electron chi connectivity index (χ4n) is 3.06. The molecule has 1 aliphatic rings. The Bertz CT molecular complexity index is 635. The molecule has 108 valence electrons. The molecule has 2 aromatic heterocycles. The van der Waals surface area contributed by atoms with Crippen LogP contribution in [0.1, 0.15) is 49.9 Å². The van der Waals surface area contributed by atoms with Gasteiger partial charge in [0.1, 0.15) is 5.01 Å². The lowest BCUT2D eigenvalue weighted by atomic mass is 9.97. The van der Waals surface area contributed by atoms with E-state index in [0.29, 0.717) is 5.92 Å². The lowest BCUT2D eigenvalue weighted by molar-refractivity contribution is -0.142. The predicted molar refractivity (Wildman–Crippen MR) is 74.9 cm³/mol. The molecule has 7 heteroatoms. The number of nitrogens with zero attached hydrogens (tertiary/aromatic N) is 4. The monoisotopic (exact) mass is 294 g/mol. The maximum atomic E-state index is 11.5. The van der Waals surface area contributed by atoms with E-state index in [9.17, 15) is 9.90 Å². The first kappa shape index (κ1) is 13.5. The molecule has 2 aromatic rings. The van der Waals surface area contributed by atoms with Crippen LogP contribution in [0.4, 0.5) is 0 Å². The van der Waals surface area contributed by atoms with Crippen molar-refractivity contribution in [3.05, 3.63) is 10.8 Å². The van der Waals surface area contributed by atoms with E-state index >= 15 is 0 Å². The lowest BCUT2D eigenvalue weighted by Gasteiger charge is -2.11. The summed E-state index contributed by atoms with van der Waals surface area (Å²) >= 11 is 1.48. The van der Waals surface area contributed by atoms with Gasteiger partial charge < -0.3 is 5.11 Å². The van der Waals surface area contributed by atoms with Crippen molar-refractivity contribution < 1.29 is 9.90 Å². The van der Waals surface area contributed by atoms with Gasteiger partial charge in [0, 0.05) is 12.3 Å². The third kappa shape index (κ3) is 2.09. The van der Waals surface area contributed by atoms with E-state index in [0.717, 1.165) is 41.5 Å². The summed E-state index contributed by atoms with van der Waals surface area (Å²) < 4.78 is 1.76. The standard InChI is InChI=1S/C13H18N4O2S/c1-3-7-5-8(9(6-7)12(18)19)11-16-17-10(4-2)14-15-13(17)20-11/h7-9H,3-6H2,1-2H3,(H,18,19). The Labute approximate surface area is 120 Å². The molecular weight excluding hydrogens is 276 g/mol. The third-order valence-electron chi connectivity index (χ3n) is 4.26. The Morgan fingerprint density at radius 2 is 2.20 bits per heavy atom. The molecule has 20 heavy (non-hydrogen) atoms. The molecule has 0 aromatic carbocycles. The van der Waals surface area contributed by atoms with Crippen molar-refractivity contribution in [3.8, 4) is 0 Å². The minimum Gasteiger partial charge on any atom is -0.481 e. The van der Waals surface area contributed by atoms with Crippen molar-refractivity contribution >= 4 is 22.3 Å². The molecule has 0 aliphatic heterocycles. The minimum absolute atomic E-state index is 0.0221. The Balaban J connectivity index is 1.96. The summed E-state index contributed by atoms with van der Waals surface area (Å²) in [7, 11) is 0. The molecule has 1 fully saturated rings. The SMILES string of the molecule is CCc1nnc2sc(C3CC(CC)CC3C(=O)O)nn12. The van der Waals surface area contributed by atoms with Crippen LogP contribution >= 0.6 is 11.3 Å². The Hall–Kier alpha value is -1.50. The second kappa shape index (κ2) is 5.12. The summed E-state index contributed by atoms with van der Waals surface area (Å²) in [5, 5.41) is 23.1. The molecule has 0 bridgehead atoms. The molecular formula is C13H18N4O2S. The van der Waals surface area contributed by atoms with Crippen molar-refractivity contribution in [1.82, 2.24) is 19.8 Å². The van der Waals surface area contributed by atoms with Crippen LogP contribution in [0.5, 0.6) is 0 Å².